The third-order valence-corrected chi connectivity index (χ3v) is 3.50. The van der Waals surface area contributed by atoms with Gasteiger partial charge in [-0.3, -0.25) is 9.59 Å². The zero-order valence-corrected chi connectivity index (χ0v) is 10.5. The Morgan fingerprint density at radius 3 is 2.89 bits per heavy atom. The molecule has 1 aromatic rings. The fourth-order valence-electron chi connectivity index (χ4n) is 2.39. The van der Waals surface area contributed by atoms with Crippen LogP contribution in [0.4, 0.5) is 5.82 Å². The molecule has 1 aliphatic rings. The Morgan fingerprint density at radius 1 is 1.56 bits per heavy atom. The van der Waals surface area contributed by atoms with Gasteiger partial charge < -0.3 is 14.6 Å². The van der Waals surface area contributed by atoms with Crippen molar-refractivity contribution < 1.29 is 9.90 Å². The predicted molar refractivity (Wildman–Crippen MR) is 66.6 cm³/mol. The minimum Gasteiger partial charge on any atom is -0.481 e. The van der Waals surface area contributed by atoms with Crippen LogP contribution in [0.25, 0.3) is 0 Å². The van der Waals surface area contributed by atoms with Gasteiger partial charge in [0.05, 0.1) is 5.92 Å². The molecule has 2 atom stereocenters. The number of hydrogen-bond acceptors (Lipinski definition) is 4. The lowest BCUT2D eigenvalue weighted by molar-refractivity contribution is -0.142. The molecule has 1 saturated heterocycles. The van der Waals surface area contributed by atoms with E-state index in [0.717, 1.165) is 0 Å². The minimum absolute atomic E-state index is 0.0162. The SMILES string of the molecule is CC1CC(C(=O)O)CCN1c1nccn(C)c1=O. The molecule has 0 bridgehead atoms. The van der Waals surface area contributed by atoms with E-state index in [2.05, 4.69) is 4.98 Å². The molecule has 98 valence electrons. The Bertz CT molecular complexity index is 512. The molecule has 0 aromatic carbocycles. The molecule has 2 rings (SSSR count). The van der Waals surface area contributed by atoms with Crippen LogP contribution in [0.5, 0.6) is 0 Å². The van der Waals surface area contributed by atoms with E-state index in [-0.39, 0.29) is 17.5 Å². The maximum absolute atomic E-state index is 12.0. The van der Waals surface area contributed by atoms with Gasteiger partial charge in [0, 0.05) is 32.0 Å². The largest absolute Gasteiger partial charge is 0.481 e. The summed E-state index contributed by atoms with van der Waals surface area (Å²) in [5.41, 5.74) is -0.141. The average Bonchev–Trinajstić information content (AvgIpc) is 2.33. The van der Waals surface area contributed by atoms with Gasteiger partial charge in [-0.05, 0) is 19.8 Å². The standard InChI is InChI=1S/C12H17N3O3/c1-8-7-9(12(17)18)3-5-15(8)10-11(16)14(2)6-4-13-10/h4,6,8-9H,3,5,7H2,1-2H3,(H,17,18). The second-order valence-electron chi connectivity index (χ2n) is 4.77. The number of anilines is 1. The Kier molecular flexibility index (Phi) is 3.36. The van der Waals surface area contributed by atoms with Crippen LogP contribution in [0.3, 0.4) is 0 Å². The lowest BCUT2D eigenvalue weighted by Gasteiger charge is -2.36. The van der Waals surface area contributed by atoms with Crippen LogP contribution in [0.2, 0.25) is 0 Å². The van der Waals surface area contributed by atoms with E-state index in [4.69, 9.17) is 5.11 Å². The number of carbonyl (C=O) groups is 1. The fraction of sp³-hybridized carbons (Fsp3) is 0.583. The highest BCUT2D eigenvalue weighted by Gasteiger charge is 2.31. The van der Waals surface area contributed by atoms with Gasteiger partial charge in [0.25, 0.3) is 5.56 Å². The van der Waals surface area contributed by atoms with Crippen molar-refractivity contribution in [3.05, 3.63) is 22.7 Å². The summed E-state index contributed by atoms with van der Waals surface area (Å²) in [5, 5.41) is 9.01. The molecule has 0 saturated carbocycles. The van der Waals surface area contributed by atoms with Crippen molar-refractivity contribution in [2.75, 3.05) is 11.4 Å². The van der Waals surface area contributed by atoms with Gasteiger partial charge in [0.15, 0.2) is 5.82 Å². The molecular weight excluding hydrogens is 234 g/mol. The molecule has 1 aromatic heterocycles. The van der Waals surface area contributed by atoms with Crippen molar-refractivity contribution >= 4 is 11.8 Å². The van der Waals surface area contributed by atoms with E-state index in [1.165, 1.54) is 4.57 Å². The first kappa shape index (κ1) is 12.6. The lowest BCUT2D eigenvalue weighted by Crippen LogP contribution is -2.46. The van der Waals surface area contributed by atoms with Crippen LogP contribution in [0, 0.1) is 5.92 Å². The van der Waals surface area contributed by atoms with Crippen LogP contribution in [-0.4, -0.2) is 33.2 Å². The second kappa shape index (κ2) is 4.80. The molecule has 6 nitrogen and oxygen atoms in total. The number of aliphatic carboxylic acids is 1. The number of hydrogen-bond donors (Lipinski definition) is 1. The van der Waals surface area contributed by atoms with Gasteiger partial charge in [-0.25, -0.2) is 4.98 Å². The number of rotatable bonds is 2. The van der Waals surface area contributed by atoms with Crippen molar-refractivity contribution in [3.8, 4) is 0 Å². The van der Waals surface area contributed by atoms with Gasteiger partial charge in [0.2, 0.25) is 0 Å². The van der Waals surface area contributed by atoms with Crippen molar-refractivity contribution in [2.24, 2.45) is 13.0 Å². The third kappa shape index (κ3) is 2.23. The number of carboxylic acid groups (broad SMARTS) is 1. The van der Waals surface area contributed by atoms with Gasteiger partial charge in [-0.2, -0.15) is 0 Å². The highest BCUT2D eigenvalue weighted by molar-refractivity contribution is 5.70. The van der Waals surface area contributed by atoms with Crippen molar-refractivity contribution in [2.45, 2.75) is 25.8 Å². The Morgan fingerprint density at radius 2 is 2.28 bits per heavy atom. The van der Waals surface area contributed by atoms with Crippen molar-refractivity contribution in [3.63, 3.8) is 0 Å². The predicted octanol–water partition coefficient (Wildman–Crippen LogP) is 0.470. The first-order valence-corrected chi connectivity index (χ1v) is 6.01. The number of nitrogens with zero attached hydrogens (tertiary/aromatic N) is 3. The van der Waals surface area contributed by atoms with Gasteiger partial charge in [0.1, 0.15) is 0 Å². The summed E-state index contributed by atoms with van der Waals surface area (Å²) < 4.78 is 1.48. The minimum atomic E-state index is -0.754. The van der Waals surface area contributed by atoms with E-state index in [9.17, 15) is 9.59 Å². The Labute approximate surface area is 105 Å². The van der Waals surface area contributed by atoms with Crippen molar-refractivity contribution in [1.29, 1.82) is 0 Å². The Balaban J connectivity index is 2.23. The Hall–Kier alpha value is -1.85. The van der Waals surface area contributed by atoms with Crippen LogP contribution in [0.1, 0.15) is 19.8 Å². The molecule has 0 radical (unpaired) electrons. The van der Waals surface area contributed by atoms with Crippen molar-refractivity contribution in [1.82, 2.24) is 9.55 Å². The van der Waals surface area contributed by atoms with E-state index in [0.29, 0.717) is 25.2 Å². The smallest absolute Gasteiger partial charge is 0.306 e. The maximum atomic E-state index is 12.0. The molecule has 18 heavy (non-hydrogen) atoms. The molecule has 0 aliphatic carbocycles. The van der Waals surface area contributed by atoms with E-state index >= 15 is 0 Å². The average molecular weight is 251 g/mol. The monoisotopic (exact) mass is 251 g/mol. The number of carboxylic acids is 1. The van der Waals surface area contributed by atoms with Gasteiger partial charge in [-0.1, -0.05) is 0 Å². The molecule has 1 N–H and O–H groups in total. The second-order valence-corrected chi connectivity index (χ2v) is 4.77. The van der Waals surface area contributed by atoms with E-state index < -0.39 is 5.97 Å². The summed E-state index contributed by atoms with van der Waals surface area (Å²) in [6.07, 6.45) is 4.31. The summed E-state index contributed by atoms with van der Waals surface area (Å²) >= 11 is 0. The number of aryl methyl sites for hydroxylation is 1. The molecule has 6 heteroatoms. The molecule has 2 unspecified atom stereocenters. The summed E-state index contributed by atoms with van der Waals surface area (Å²) in [7, 11) is 1.68. The summed E-state index contributed by atoms with van der Waals surface area (Å²) in [6, 6.07) is 0.0162. The van der Waals surface area contributed by atoms with Crippen LogP contribution >= 0.6 is 0 Å². The zero-order valence-electron chi connectivity index (χ0n) is 10.5. The fourth-order valence-corrected chi connectivity index (χ4v) is 2.39. The topological polar surface area (TPSA) is 75.4 Å². The summed E-state index contributed by atoms with van der Waals surface area (Å²) in [4.78, 5) is 29.0. The first-order valence-electron chi connectivity index (χ1n) is 6.01. The van der Waals surface area contributed by atoms with Gasteiger partial charge >= 0.3 is 5.97 Å². The molecular formula is C12H17N3O3. The molecule has 1 aliphatic heterocycles. The molecule has 0 spiro atoms. The molecule has 1 fully saturated rings. The normalized spacial score (nSPS) is 24.0. The highest BCUT2D eigenvalue weighted by Crippen LogP contribution is 2.25. The quantitative estimate of drug-likeness (QED) is 0.827. The summed E-state index contributed by atoms with van der Waals surface area (Å²) in [5.74, 6) is -0.657. The number of aromatic nitrogens is 2. The van der Waals surface area contributed by atoms with Crippen LogP contribution in [-0.2, 0) is 11.8 Å². The zero-order chi connectivity index (χ0) is 13.3. The first-order chi connectivity index (χ1) is 8.50. The summed E-state index contributed by atoms with van der Waals surface area (Å²) in [6.45, 7) is 2.49. The molecule has 2 heterocycles. The lowest BCUT2D eigenvalue weighted by atomic mass is 9.92. The highest BCUT2D eigenvalue weighted by atomic mass is 16.4. The van der Waals surface area contributed by atoms with E-state index in [1.807, 2.05) is 11.8 Å². The molecule has 0 amide bonds. The van der Waals surface area contributed by atoms with Crippen LogP contribution < -0.4 is 10.5 Å². The van der Waals surface area contributed by atoms with Crippen LogP contribution in [0.15, 0.2) is 17.2 Å². The van der Waals surface area contributed by atoms with E-state index in [1.54, 1.807) is 19.4 Å². The van der Waals surface area contributed by atoms with Gasteiger partial charge in [-0.15, -0.1) is 0 Å². The maximum Gasteiger partial charge on any atom is 0.306 e. The third-order valence-electron chi connectivity index (χ3n) is 3.50. The number of piperidine rings is 1.